The van der Waals surface area contributed by atoms with Gasteiger partial charge < -0.3 is 10.1 Å². The summed E-state index contributed by atoms with van der Waals surface area (Å²) in [7, 11) is 0. The number of anilines is 1. The molecule has 0 spiro atoms. The Balaban J connectivity index is 1.69. The number of nitrogens with one attached hydrogen (secondary N) is 1. The summed E-state index contributed by atoms with van der Waals surface area (Å²) in [5.74, 6) is 0.669. The topological polar surface area (TPSA) is 63.0 Å². The van der Waals surface area contributed by atoms with Crippen molar-refractivity contribution in [3.63, 3.8) is 0 Å². The molecular formula is C19H19BrIN3O2S. The molecule has 1 aliphatic rings. The third-order valence-corrected chi connectivity index (χ3v) is 6.25. The monoisotopic (exact) mass is 559 g/mol. The van der Waals surface area contributed by atoms with Gasteiger partial charge in [-0.1, -0.05) is 42.1 Å². The molecule has 142 valence electrons. The Labute approximate surface area is 184 Å². The van der Waals surface area contributed by atoms with Crippen LogP contribution in [0.1, 0.15) is 31.2 Å². The van der Waals surface area contributed by atoms with E-state index in [0.29, 0.717) is 20.3 Å². The summed E-state index contributed by atoms with van der Waals surface area (Å²) in [6, 6.07) is 12.7. The largest absolute Gasteiger partial charge is 0.465 e. The number of halogens is 2. The Morgan fingerprint density at radius 1 is 1.26 bits per heavy atom. The molecule has 1 N–H and O–H groups in total. The fraction of sp³-hybridized carbons (Fsp3) is 0.316. The quantitative estimate of drug-likeness (QED) is 0.120. The maximum Gasteiger partial charge on any atom is 0.316 e. The molecule has 0 saturated heterocycles. The normalized spacial score (nSPS) is 15.1. The number of rotatable bonds is 6. The summed E-state index contributed by atoms with van der Waals surface area (Å²) in [6.07, 6.45) is 2.55. The van der Waals surface area contributed by atoms with Gasteiger partial charge in [-0.25, -0.2) is 0 Å². The van der Waals surface area contributed by atoms with Crippen LogP contribution in [-0.4, -0.2) is 26.1 Å². The molecule has 1 saturated carbocycles. The molecule has 0 bridgehead atoms. The van der Waals surface area contributed by atoms with Crippen molar-refractivity contribution in [2.45, 2.75) is 25.7 Å². The predicted molar refractivity (Wildman–Crippen MR) is 126 cm³/mol. The molecule has 3 rings (SSSR count). The van der Waals surface area contributed by atoms with Gasteiger partial charge in [0.1, 0.15) is 0 Å². The number of thioether (sulfide) groups is 1. The van der Waals surface area contributed by atoms with Crippen molar-refractivity contribution in [2.24, 2.45) is 10.2 Å². The van der Waals surface area contributed by atoms with Crippen LogP contribution in [0.25, 0.3) is 10.8 Å². The SMILES string of the molecule is CCOC(=O)CS/C(I)=N/N=C(/Br)Nc1ccc(C2CC2)c2ccccc12. The van der Waals surface area contributed by atoms with Crippen LogP contribution < -0.4 is 5.32 Å². The number of hydrogen-bond donors (Lipinski definition) is 1. The van der Waals surface area contributed by atoms with Gasteiger partial charge in [-0.15, -0.1) is 10.2 Å². The summed E-state index contributed by atoms with van der Waals surface area (Å²) in [5.41, 5.74) is 2.40. The van der Waals surface area contributed by atoms with Crippen LogP contribution in [0.15, 0.2) is 46.6 Å². The van der Waals surface area contributed by atoms with Crippen molar-refractivity contribution in [1.29, 1.82) is 0 Å². The second-order valence-electron chi connectivity index (χ2n) is 5.98. The molecule has 5 nitrogen and oxygen atoms in total. The maximum absolute atomic E-state index is 11.4. The Morgan fingerprint density at radius 2 is 2.00 bits per heavy atom. The lowest BCUT2D eigenvalue weighted by Gasteiger charge is -2.11. The smallest absolute Gasteiger partial charge is 0.316 e. The summed E-state index contributed by atoms with van der Waals surface area (Å²) in [5, 5.41) is 14.0. The van der Waals surface area contributed by atoms with Crippen LogP contribution in [-0.2, 0) is 9.53 Å². The third-order valence-electron chi connectivity index (χ3n) is 4.04. The van der Waals surface area contributed by atoms with Crippen molar-refractivity contribution in [2.75, 3.05) is 17.7 Å². The standard InChI is InChI=1S/C19H19BrIN3O2S/c1-2-26-17(25)11-27-19(21)24-23-18(20)22-16-10-9-13(12-7-8-12)14-5-3-4-6-15(14)16/h3-6,9-10,12H,2,7-8,11H2,1H3,(H,22,23)/b24-19+. The van der Waals surface area contributed by atoms with Gasteiger partial charge in [0.2, 0.25) is 0 Å². The molecule has 0 radical (unpaired) electrons. The molecule has 0 amide bonds. The van der Waals surface area contributed by atoms with Crippen molar-refractivity contribution in [1.82, 2.24) is 0 Å². The zero-order valence-corrected chi connectivity index (χ0v) is 19.3. The van der Waals surface area contributed by atoms with E-state index in [1.165, 1.54) is 40.9 Å². The van der Waals surface area contributed by atoms with Gasteiger partial charge in [0, 0.05) is 11.1 Å². The molecule has 1 aliphatic carbocycles. The van der Waals surface area contributed by atoms with Crippen LogP contribution in [0.5, 0.6) is 0 Å². The van der Waals surface area contributed by atoms with E-state index < -0.39 is 0 Å². The predicted octanol–water partition coefficient (Wildman–Crippen LogP) is 5.88. The molecule has 0 atom stereocenters. The van der Waals surface area contributed by atoms with Crippen LogP contribution in [0.2, 0.25) is 0 Å². The van der Waals surface area contributed by atoms with Gasteiger partial charge in [-0.2, -0.15) is 0 Å². The summed E-state index contributed by atoms with van der Waals surface area (Å²) >= 11 is 6.76. The summed E-state index contributed by atoms with van der Waals surface area (Å²) in [4.78, 5) is 11.4. The van der Waals surface area contributed by atoms with E-state index in [0.717, 1.165) is 5.69 Å². The van der Waals surface area contributed by atoms with E-state index in [1.54, 1.807) is 6.92 Å². The summed E-state index contributed by atoms with van der Waals surface area (Å²) < 4.78 is 6.07. The number of carbonyl (C=O) groups excluding carboxylic acids is 1. The van der Waals surface area contributed by atoms with Crippen molar-refractivity contribution in [3.05, 3.63) is 42.0 Å². The molecule has 0 aliphatic heterocycles. The van der Waals surface area contributed by atoms with E-state index in [1.807, 2.05) is 28.7 Å². The highest BCUT2D eigenvalue weighted by Crippen LogP contribution is 2.44. The first kappa shape index (κ1) is 20.6. The first-order valence-electron chi connectivity index (χ1n) is 8.62. The number of fused-ring (bicyclic) bond motifs is 1. The molecular weight excluding hydrogens is 541 g/mol. The molecule has 0 unspecified atom stereocenters. The lowest BCUT2D eigenvalue weighted by Crippen LogP contribution is -2.07. The van der Waals surface area contributed by atoms with E-state index in [9.17, 15) is 4.79 Å². The first-order valence-corrected chi connectivity index (χ1v) is 11.5. The molecule has 27 heavy (non-hydrogen) atoms. The van der Waals surface area contributed by atoms with Crippen molar-refractivity contribution < 1.29 is 9.53 Å². The minimum atomic E-state index is -0.254. The number of nitrogens with zero attached hydrogens (tertiary/aromatic N) is 2. The average Bonchev–Trinajstić information content (AvgIpc) is 3.50. The number of carbonyl (C=O) groups is 1. The Morgan fingerprint density at radius 3 is 2.70 bits per heavy atom. The Bertz CT molecular complexity index is 900. The van der Waals surface area contributed by atoms with Gasteiger partial charge in [0.25, 0.3) is 0 Å². The van der Waals surface area contributed by atoms with Crippen LogP contribution in [0, 0.1) is 0 Å². The molecule has 2 aromatic rings. The second-order valence-corrected chi connectivity index (χ2v) is 9.45. The van der Waals surface area contributed by atoms with Crippen molar-refractivity contribution >= 4 is 80.5 Å². The Kier molecular flexibility index (Phi) is 7.54. The van der Waals surface area contributed by atoms with Gasteiger partial charge in [0.15, 0.2) is 7.80 Å². The van der Waals surface area contributed by atoms with E-state index in [4.69, 9.17) is 4.74 Å². The molecule has 0 heterocycles. The number of benzene rings is 2. The highest BCUT2D eigenvalue weighted by Gasteiger charge is 2.25. The highest BCUT2D eigenvalue weighted by atomic mass is 127. The zero-order chi connectivity index (χ0) is 19.2. The number of esters is 1. The van der Waals surface area contributed by atoms with Gasteiger partial charge in [0.05, 0.1) is 12.4 Å². The number of ether oxygens (including phenoxy) is 1. The fourth-order valence-corrected chi connectivity index (χ4v) is 4.04. The minimum absolute atomic E-state index is 0.226. The van der Waals surface area contributed by atoms with Gasteiger partial charge >= 0.3 is 5.97 Å². The molecule has 2 aromatic carbocycles. The Hall–Kier alpha value is -1.13. The zero-order valence-electron chi connectivity index (χ0n) is 14.7. The fourth-order valence-electron chi connectivity index (χ4n) is 2.75. The summed E-state index contributed by atoms with van der Waals surface area (Å²) in [6.45, 7) is 2.17. The van der Waals surface area contributed by atoms with Crippen LogP contribution in [0.4, 0.5) is 5.69 Å². The van der Waals surface area contributed by atoms with Gasteiger partial charge in [-0.05, 0) is 81.2 Å². The minimum Gasteiger partial charge on any atom is -0.465 e. The molecule has 1 fully saturated rings. The molecule has 0 aromatic heterocycles. The maximum atomic E-state index is 11.4. The highest BCUT2D eigenvalue weighted by molar-refractivity contribution is 14.1. The number of amidine groups is 1. The van der Waals surface area contributed by atoms with Crippen molar-refractivity contribution in [3.8, 4) is 0 Å². The van der Waals surface area contributed by atoms with E-state index in [-0.39, 0.29) is 11.7 Å². The lowest BCUT2D eigenvalue weighted by molar-refractivity contribution is -0.139. The second kappa shape index (κ2) is 9.88. The van der Waals surface area contributed by atoms with Crippen LogP contribution in [0.3, 0.4) is 0 Å². The van der Waals surface area contributed by atoms with Gasteiger partial charge in [-0.3, -0.25) is 4.79 Å². The van der Waals surface area contributed by atoms with E-state index >= 15 is 0 Å². The molecule has 8 heteroatoms. The first-order chi connectivity index (χ1) is 13.1. The third kappa shape index (κ3) is 5.92. The number of hydrogen-bond acceptors (Lipinski definition) is 5. The lowest BCUT2D eigenvalue weighted by atomic mass is 10.00. The average molecular weight is 560 g/mol. The van der Waals surface area contributed by atoms with Crippen LogP contribution >= 0.6 is 50.3 Å². The van der Waals surface area contributed by atoms with E-state index in [2.05, 4.69) is 61.8 Å².